The van der Waals surface area contributed by atoms with E-state index in [2.05, 4.69) is 11.6 Å². The number of hydrogen-bond donors (Lipinski definition) is 1. The Bertz CT molecular complexity index is 426. The highest BCUT2D eigenvalue weighted by molar-refractivity contribution is 7.98. The predicted molar refractivity (Wildman–Crippen MR) is 61.5 cm³/mol. The third-order valence-electron chi connectivity index (χ3n) is 2.05. The Morgan fingerprint density at radius 2 is 2.33 bits per heavy atom. The number of nitrogens with zero attached hydrogens (tertiary/aromatic N) is 2. The number of thioether (sulfide) groups is 1. The molecule has 0 aromatic carbocycles. The molecule has 1 heterocycles. The number of aromatic nitrogens is 2. The maximum atomic E-state index is 11.9. The summed E-state index contributed by atoms with van der Waals surface area (Å²) in [5.74, 6) is -0.160. The SMILES string of the molecule is C=CCn1c(SC)nc(O)c(CC)c1=O. The molecule has 0 aliphatic carbocycles. The van der Waals surface area contributed by atoms with Crippen molar-refractivity contribution in [3.05, 3.63) is 28.6 Å². The lowest BCUT2D eigenvalue weighted by Crippen LogP contribution is -2.25. The Morgan fingerprint density at radius 1 is 1.67 bits per heavy atom. The second kappa shape index (κ2) is 5.02. The van der Waals surface area contributed by atoms with Crippen LogP contribution in [0.5, 0.6) is 5.88 Å². The lowest BCUT2D eigenvalue weighted by molar-refractivity contribution is 0.427. The molecule has 5 heteroatoms. The number of rotatable bonds is 4. The average molecular weight is 226 g/mol. The molecule has 0 saturated heterocycles. The first-order chi connectivity index (χ1) is 7.15. The molecule has 1 rings (SSSR count). The Hall–Kier alpha value is -1.23. The molecular formula is C10H14N2O2S. The van der Waals surface area contributed by atoms with Crippen molar-refractivity contribution in [2.75, 3.05) is 6.26 Å². The molecule has 0 bridgehead atoms. The number of allylic oxidation sites excluding steroid dienone is 1. The first-order valence-corrected chi connectivity index (χ1v) is 5.85. The predicted octanol–water partition coefficient (Wildman–Crippen LogP) is 1.42. The molecule has 0 fully saturated rings. The zero-order valence-electron chi connectivity index (χ0n) is 8.86. The van der Waals surface area contributed by atoms with Crippen LogP contribution in [0.15, 0.2) is 22.6 Å². The van der Waals surface area contributed by atoms with E-state index < -0.39 is 0 Å². The summed E-state index contributed by atoms with van der Waals surface area (Å²) in [5.41, 5.74) is 0.170. The molecule has 0 radical (unpaired) electrons. The third kappa shape index (κ3) is 2.23. The lowest BCUT2D eigenvalue weighted by atomic mass is 10.2. The van der Waals surface area contributed by atoms with Gasteiger partial charge in [-0.15, -0.1) is 6.58 Å². The summed E-state index contributed by atoms with van der Waals surface area (Å²) in [6, 6.07) is 0. The normalized spacial score (nSPS) is 10.3. The van der Waals surface area contributed by atoms with Gasteiger partial charge in [-0.3, -0.25) is 9.36 Å². The van der Waals surface area contributed by atoms with Crippen molar-refractivity contribution in [2.45, 2.75) is 25.0 Å². The zero-order chi connectivity index (χ0) is 11.4. The standard InChI is InChI=1S/C10H14N2O2S/c1-4-6-12-9(14)7(5-2)8(13)11-10(12)15-3/h4,13H,1,5-6H2,2-3H3. The topological polar surface area (TPSA) is 55.1 Å². The van der Waals surface area contributed by atoms with Crippen LogP contribution in [-0.2, 0) is 13.0 Å². The molecule has 0 spiro atoms. The fraction of sp³-hybridized carbons (Fsp3) is 0.400. The summed E-state index contributed by atoms with van der Waals surface area (Å²) >= 11 is 1.33. The van der Waals surface area contributed by atoms with Gasteiger partial charge in [0, 0.05) is 6.54 Å². The third-order valence-corrected chi connectivity index (χ3v) is 2.73. The van der Waals surface area contributed by atoms with Gasteiger partial charge in [0.25, 0.3) is 5.56 Å². The molecule has 82 valence electrons. The highest BCUT2D eigenvalue weighted by atomic mass is 32.2. The fourth-order valence-corrected chi connectivity index (χ4v) is 1.87. The minimum Gasteiger partial charge on any atom is -0.493 e. The van der Waals surface area contributed by atoms with Crippen molar-refractivity contribution < 1.29 is 5.11 Å². The van der Waals surface area contributed by atoms with Gasteiger partial charge in [0.1, 0.15) is 0 Å². The molecule has 0 atom stereocenters. The lowest BCUT2D eigenvalue weighted by Gasteiger charge is -2.10. The number of aromatic hydroxyl groups is 1. The van der Waals surface area contributed by atoms with Crippen molar-refractivity contribution in [3.8, 4) is 5.88 Å². The minimum absolute atomic E-state index is 0.160. The van der Waals surface area contributed by atoms with Crippen molar-refractivity contribution in [1.82, 2.24) is 9.55 Å². The van der Waals surface area contributed by atoms with Crippen LogP contribution in [0.1, 0.15) is 12.5 Å². The fourth-order valence-electron chi connectivity index (χ4n) is 1.32. The molecule has 4 nitrogen and oxygen atoms in total. The minimum atomic E-state index is -0.186. The highest BCUT2D eigenvalue weighted by Gasteiger charge is 2.13. The summed E-state index contributed by atoms with van der Waals surface area (Å²) in [6.07, 6.45) is 3.93. The van der Waals surface area contributed by atoms with Gasteiger partial charge in [0.05, 0.1) is 5.56 Å². The van der Waals surface area contributed by atoms with E-state index in [1.165, 1.54) is 16.3 Å². The van der Waals surface area contributed by atoms with Crippen LogP contribution >= 0.6 is 11.8 Å². The van der Waals surface area contributed by atoms with Crippen molar-refractivity contribution >= 4 is 11.8 Å². The zero-order valence-corrected chi connectivity index (χ0v) is 9.67. The van der Waals surface area contributed by atoms with Gasteiger partial charge in [0.2, 0.25) is 5.88 Å². The van der Waals surface area contributed by atoms with E-state index >= 15 is 0 Å². The van der Waals surface area contributed by atoms with Crippen LogP contribution in [0, 0.1) is 0 Å². The Morgan fingerprint density at radius 3 is 2.80 bits per heavy atom. The second-order valence-electron chi connectivity index (χ2n) is 2.96. The molecule has 1 N–H and O–H groups in total. The molecule has 0 amide bonds. The van der Waals surface area contributed by atoms with Gasteiger partial charge in [0.15, 0.2) is 5.16 Å². The van der Waals surface area contributed by atoms with E-state index in [1.807, 2.05) is 13.2 Å². The molecule has 1 aromatic rings. The largest absolute Gasteiger partial charge is 0.493 e. The van der Waals surface area contributed by atoms with E-state index in [0.717, 1.165) is 0 Å². The molecule has 0 saturated carbocycles. The summed E-state index contributed by atoms with van der Waals surface area (Å²) in [7, 11) is 0. The molecule has 15 heavy (non-hydrogen) atoms. The van der Waals surface area contributed by atoms with E-state index in [9.17, 15) is 9.90 Å². The molecule has 0 unspecified atom stereocenters. The summed E-state index contributed by atoms with van der Waals surface area (Å²) in [6.45, 7) is 5.82. The van der Waals surface area contributed by atoms with Gasteiger partial charge in [-0.2, -0.15) is 4.98 Å². The molecule has 1 aromatic heterocycles. The summed E-state index contributed by atoms with van der Waals surface area (Å²) in [4.78, 5) is 15.9. The average Bonchev–Trinajstić information content (AvgIpc) is 2.22. The van der Waals surface area contributed by atoms with E-state index in [1.54, 1.807) is 6.08 Å². The smallest absolute Gasteiger partial charge is 0.261 e. The van der Waals surface area contributed by atoms with Crippen LogP contribution in [0.3, 0.4) is 0 Å². The van der Waals surface area contributed by atoms with Crippen LogP contribution in [0.2, 0.25) is 0 Å². The van der Waals surface area contributed by atoms with Crippen molar-refractivity contribution in [3.63, 3.8) is 0 Å². The number of hydrogen-bond acceptors (Lipinski definition) is 4. The van der Waals surface area contributed by atoms with Gasteiger partial charge in [-0.1, -0.05) is 24.8 Å². The van der Waals surface area contributed by atoms with Crippen LogP contribution in [0.25, 0.3) is 0 Å². The van der Waals surface area contributed by atoms with E-state index in [-0.39, 0.29) is 11.4 Å². The van der Waals surface area contributed by atoms with Crippen molar-refractivity contribution in [1.29, 1.82) is 0 Å². The van der Waals surface area contributed by atoms with E-state index in [4.69, 9.17) is 0 Å². The van der Waals surface area contributed by atoms with Crippen LogP contribution in [0.4, 0.5) is 0 Å². The second-order valence-corrected chi connectivity index (χ2v) is 3.73. The molecular weight excluding hydrogens is 212 g/mol. The van der Waals surface area contributed by atoms with Gasteiger partial charge < -0.3 is 5.11 Å². The van der Waals surface area contributed by atoms with Crippen molar-refractivity contribution in [2.24, 2.45) is 0 Å². The highest BCUT2D eigenvalue weighted by Crippen LogP contribution is 2.16. The van der Waals surface area contributed by atoms with E-state index in [0.29, 0.717) is 23.7 Å². The summed E-state index contributed by atoms with van der Waals surface area (Å²) < 4.78 is 1.51. The maximum Gasteiger partial charge on any atom is 0.261 e. The van der Waals surface area contributed by atoms with Gasteiger partial charge in [-0.25, -0.2) is 0 Å². The maximum absolute atomic E-state index is 11.9. The summed E-state index contributed by atoms with van der Waals surface area (Å²) in [5, 5.41) is 10.0. The Balaban J connectivity index is 3.45. The molecule has 0 aliphatic heterocycles. The first kappa shape index (κ1) is 11.8. The van der Waals surface area contributed by atoms with Gasteiger partial charge >= 0.3 is 0 Å². The molecule has 0 aliphatic rings. The first-order valence-electron chi connectivity index (χ1n) is 4.63. The quantitative estimate of drug-likeness (QED) is 0.479. The Labute approximate surface area is 92.7 Å². The van der Waals surface area contributed by atoms with Crippen LogP contribution < -0.4 is 5.56 Å². The monoisotopic (exact) mass is 226 g/mol. The van der Waals surface area contributed by atoms with Crippen LogP contribution in [-0.4, -0.2) is 20.9 Å². The Kier molecular flexibility index (Phi) is 3.96. The van der Waals surface area contributed by atoms with Gasteiger partial charge in [-0.05, 0) is 12.7 Å².